The van der Waals surface area contributed by atoms with Crippen LogP contribution < -0.4 is 14.8 Å². The summed E-state index contributed by atoms with van der Waals surface area (Å²) < 4.78 is 45.7. The Hall–Kier alpha value is -3.41. The summed E-state index contributed by atoms with van der Waals surface area (Å²) >= 11 is 1.56. The number of methoxy groups -OCH3 is 1. The van der Waals surface area contributed by atoms with Crippen LogP contribution in [0.4, 0.5) is 16.0 Å². The van der Waals surface area contributed by atoms with E-state index >= 15 is 0 Å². The molecule has 0 fully saturated rings. The maximum absolute atomic E-state index is 13.9. The molecule has 8 nitrogen and oxygen atoms in total. The second kappa shape index (κ2) is 11.5. The van der Waals surface area contributed by atoms with Crippen LogP contribution in [-0.4, -0.2) is 33.2 Å². The van der Waals surface area contributed by atoms with Gasteiger partial charge in [0, 0.05) is 30.3 Å². The first-order chi connectivity index (χ1) is 18.1. The summed E-state index contributed by atoms with van der Waals surface area (Å²) in [4.78, 5) is 14.7. The third-order valence-electron chi connectivity index (χ3n) is 5.51. The molecule has 4 aromatic rings. The van der Waals surface area contributed by atoms with Gasteiger partial charge in [-0.15, -0.1) is 11.3 Å². The van der Waals surface area contributed by atoms with Gasteiger partial charge in [0.2, 0.25) is 5.95 Å². The molecule has 38 heavy (non-hydrogen) atoms. The zero-order valence-electron chi connectivity index (χ0n) is 21.9. The quantitative estimate of drug-likeness (QED) is 0.181. The Morgan fingerprint density at radius 3 is 2.61 bits per heavy atom. The standard InChI is InChI=1S/C27H30FN5O3S2/c1-16(2)15-30-27-29-12-11-21(31-27)25-24(32-26(37-25)17(3)4)18-7-6-8-20(13-18)33-38(34,35)23-14-19(28)9-10-22(23)36-5/h6-14,16-17H,15H2,1-5H3,(H2-,29,30,31,33,34,35)/p+1. The van der Waals surface area contributed by atoms with Crippen molar-refractivity contribution in [3.63, 3.8) is 0 Å². The Labute approximate surface area is 227 Å². The summed E-state index contributed by atoms with van der Waals surface area (Å²) in [7, 11) is -2.52. The number of ether oxygens (including phenoxy) is 1. The minimum atomic E-state index is -3.88. The Morgan fingerprint density at radius 2 is 1.89 bits per heavy atom. The van der Waals surface area contributed by atoms with Crippen LogP contribution in [0.5, 0.6) is 5.75 Å². The van der Waals surface area contributed by atoms with E-state index < -0.39 is 16.2 Å². The van der Waals surface area contributed by atoms with Gasteiger partial charge < -0.3 is 10.1 Å². The summed E-state index contributed by atoms with van der Waals surface area (Å²) in [6.45, 7) is 9.13. The van der Waals surface area contributed by atoms with Gasteiger partial charge in [0.25, 0.3) is 4.90 Å². The number of hydrogen-bond donors (Lipinski definition) is 3. The van der Waals surface area contributed by atoms with Crippen molar-refractivity contribution in [1.82, 2.24) is 15.0 Å². The highest BCUT2D eigenvalue weighted by atomic mass is 32.3. The Morgan fingerprint density at radius 1 is 1.11 bits per heavy atom. The Balaban J connectivity index is 1.72. The van der Waals surface area contributed by atoms with Crippen LogP contribution in [-0.2, 0) is 14.6 Å². The molecule has 0 saturated heterocycles. The minimum Gasteiger partial charge on any atom is -0.491 e. The van der Waals surface area contributed by atoms with Gasteiger partial charge in [-0.2, -0.15) is 9.27 Å². The fourth-order valence-electron chi connectivity index (χ4n) is 3.63. The van der Waals surface area contributed by atoms with Crippen molar-refractivity contribution in [1.29, 1.82) is 0 Å². The van der Waals surface area contributed by atoms with Crippen LogP contribution in [0.2, 0.25) is 0 Å². The largest absolute Gasteiger partial charge is 0.491 e. The topological polar surface area (TPSA) is 109 Å². The normalized spacial score (nSPS) is 13.0. The van der Waals surface area contributed by atoms with Crippen LogP contribution in [0.15, 0.2) is 59.6 Å². The Kier molecular flexibility index (Phi) is 8.39. The molecule has 0 aliphatic heterocycles. The highest BCUT2D eigenvalue weighted by molar-refractivity contribution is 7.99. The van der Waals surface area contributed by atoms with Crippen LogP contribution in [0.1, 0.15) is 38.6 Å². The number of anilines is 2. The first-order valence-electron chi connectivity index (χ1n) is 12.1. The molecule has 0 saturated carbocycles. The molecule has 2 aromatic heterocycles. The van der Waals surface area contributed by atoms with E-state index in [1.807, 2.05) is 12.1 Å². The molecule has 1 atom stereocenters. The fraction of sp³-hybridized carbons (Fsp3) is 0.296. The van der Waals surface area contributed by atoms with E-state index in [9.17, 15) is 13.2 Å². The van der Waals surface area contributed by atoms with Crippen molar-refractivity contribution in [3.8, 4) is 27.6 Å². The second-order valence-corrected chi connectivity index (χ2v) is 12.2. The molecule has 4 rings (SSSR count). The fourth-order valence-corrected chi connectivity index (χ4v) is 5.94. The van der Waals surface area contributed by atoms with Crippen molar-refractivity contribution >= 4 is 33.4 Å². The molecular formula is C27H31FN5O3S2+. The van der Waals surface area contributed by atoms with Crippen molar-refractivity contribution < 1.29 is 17.9 Å². The lowest BCUT2D eigenvalue weighted by Crippen LogP contribution is -2.21. The molecule has 0 spiro atoms. The number of nitrogens with zero attached hydrogens (tertiary/aromatic N) is 3. The number of thiazole rings is 1. The molecule has 2 heterocycles. The first-order valence-corrected chi connectivity index (χ1v) is 14.5. The average molecular weight is 557 g/mol. The maximum atomic E-state index is 13.9. The Bertz CT molecular complexity index is 1470. The van der Waals surface area contributed by atoms with Crippen LogP contribution in [0, 0.1) is 11.7 Å². The highest BCUT2D eigenvalue weighted by Gasteiger charge is 2.34. The number of hydrogen-bond acceptors (Lipinski definition) is 7. The van der Waals surface area contributed by atoms with Crippen LogP contribution >= 0.6 is 11.3 Å². The third kappa shape index (κ3) is 6.35. The van der Waals surface area contributed by atoms with Gasteiger partial charge in [0.1, 0.15) is 5.82 Å². The lowest BCUT2D eigenvalue weighted by molar-refractivity contribution is 0.398. The van der Waals surface area contributed by atoms with Crippen LogP contribution in [0.25, 0.3) is 21.8 Å². The molecule has 0 radical (unpaired) electrons. The molecule has 1 unspecified atom stereocenters. The number of nitrogens with one attached hydrogen (secondary N) is 2. The predicted molar refractivity (Wildman–Crippen MR) is 152 cm³/mol. The smallest absolute Gasteiger partial charge is 0.350 e. The lowest BCUT2D eigenvalue weighted by atomic mass is 10.1. The van der Waals surface area contributed by atoms with E-state index in [4.69, 9.17) is 14.7 Å². The monoisotopic (exact) mass is 556 g/mol. The summed E-state index contributed by atoms with van der Waals surface area (Å²) in [6.07, 6.45) is 1.72. The van der Waals surface area contributed by atoms with Gasteiger partial charge in [-0.1, -0.05) is 39.8 Å². The van der Waals surface area contributed by atoms with Gasteiger partial charge in [-0.05, 0) is 40.5 Å². The first kappa shape index (κ1) is 27.6. The highest BCUT2D eigenvalue weighted by Crippen LogP contribution is 2.39. The van der Waals surface area contributed by atoms with Crippen LogP contribution in [0.3, 0.4) is 0 Å². The lowest BCUT2D eigenvalue weighted by Gasteiger charge is -2.11. The van der Waals surface area contributed by atoms with Crippen molar-refractivity contribution in [2.24, 2.45) is 5.92 Å². The molecule has 0 aliphatic carbocycles. The average Bonchev–Trinajstić information content (AvgIpc) is 3.34. The second-order valence-electron chi connectivity index (χ2n) is 9.43. The number of halogens is 1. The molecular weight excluding hydrogens is 525 g/mol. The maximum Gasteiger partial charge on any atom is 0.350 e. The van der Waals surface area contributed by atoms with E-state index in [1.165, 1.54) is 19.2 Å². The third-order valence-corrected chi connectivity index (χ3v) is 8.32. The van der Waals surface area contributed by atoms with Gasteiger partial charge in [0.05, 0.1) is 34.1 Å². The van der Waals surface area contributed by atoms with Crippen molar-refractivity contribution in [2.45, 2.75) is 38.5 Å². The molecule has 0 bridgehead atoms. The molecule has 0 amide bonds. The molecule has 200 valence electrons. The van der Waals surface area contributed by atoms with Gasteiger partial charge in [-0.25, -0.2) is 19.3 Å². The number of aromatic nitrogens is 3. The van der Waals surface area contributed by atoms with Crippen molar-refractivity contribution in [3.05, 3.63) is 65.6 Å². The van der Waals surface area contributed by atoms with E-state index in [0.29, 0.717) is 23.2 Å². The van der Waals surface area contributed by atoms with E-state index in [2.05, 4.69) is 42.7 Å². The summed E-state index contributed by atoms with van der Waals surface area (Å²) in [5, 5.41) is 4.21. The molecule has 11 heteroatoms. The van der Waals surface area contributed by atoms with E-state index in [1.54, 1.807) is 35.7 Å². The molecule has 0 aliphatic rings. The zero-order chi connectivity index (χ0) is 27.4. The van der Waals surface area contributed by atoms with E-state index in [0.717, 1.165) is 33.8 Å². The SMILES string of the molecule is COc1ccc(F)cc1[S+](=O)(O)Nc1cccc(-c2nc(C(C)C)sc2-c2ccnc(NCC(C)C)n2)c1. The number of rotatable bonds is 10. The molecule has 3 N–H and O–H groups in total. The summed E-state index contributed by atoms with van der Waals surface area (Å²) in [6, 6.07) is 12.4. The zero-order valence-corrected chi connectivity index (χ0v) is 23.5. The van der Waals surface area contributed by atoms with Gasteiger partial charge in [-0.3, -0.25) is 0 Å². The number of benzene rings is 2. The summed E-state index contributed by atoms with van der Waals surface area (Å²) in [5.74, 6) is 0.653. The van der Waals surface area contributed by atoms with Crippen molar-refractivity contribution in [2.75, 3.05) is 23.7 Å². The van der Waals surface area contributed by atoms with Gasteiger partial charge >= 0.3 is 10.4 Å². The van der Waals surface area contributed by atoms with E-state index in [-0.39, 0.29) is 16.6 Å². The molecule has 2 aromatic carbocycles. The predicted octanol–water partition coefficient (Wildman–Crippen LogP) is 6.96. The van der Waals surface area contributed by atoms with Gasteiger partial charge in [0.15, 0.2) is 5.75 Å². The minimum absolute atomic E-state index is 0.108. The summed E-state index contributed by atoms with van der Waals surface area (Å²) in [5.41, 5.74) is 2.56.